The molecule has 2 aliphatic rings. The molecule has 3 atom stereocenters. The summed E-state index contributed by atoms with van der Waals surface area (Å²) in [5.74, 6) is 2.07. The fraction of sp³-hybridized carbons (Fsp3) is 0.917. The predicted octanol–water partition coefficient (Wildman–Crippen LogP) is 1.53. The van der Waals surface area contributed by atoms with Crippen LogP contribution in [0.2, 0.25) is 0 Å². The van der Waals surface area contributed by atoms with Crippen molar-refractivity contribution in [2.24, 2.45) is 17.8 Å². The summed E-state index contributed by atoms with van der Waals surface area (Å²) in [6, 6.07) is 0. The molecule has 0 aromatic heterocycles. The van der Waals surface area contributed by atoms with Crippen LogP contribution in [0.15, 0.2) is 0 Å². The molecule has 0 spiro atoms. The molecular formula is C12H21NO2. The van der Waals surface area contributed by atoms with Gasteiger partial charge in [0.15, 0.2) is 0 Å². The van der Waals surface area contributed by atoms with E-state index in [1.54, 1.807) is 0 Å². The maximum atomic E-state index is 11.5. The maximum absolute atomic E-state index is 11.5. The van der Waals surface area contributed by atoms with Crippen molar-refractivity contribution in [2.45, 2.75) is 26.2 Å². The minimum atomic E-state index is 0.00366. The first kappa shape index (κ1) is 10.9. The molecule has 2 rings (SSSR count). The molecule has 2 bridgehead atoms. The number of likely N-dealkylation sites (tertiary alicyclic amines) is 1. The molecule has 0 aromatic rings. The van der Waals surface area contributed by atoms with Crippen LogP contribution in [0.5, 0.6) is 0 Å². The van der Waals surface area contributed by atoms with Gasteiger partial charge in [0, 0.05) is 19.5 Å². The molecule has 15 heavy (non-hydrogen) atoms. The van der Waals surface area contributed by atoms with E-state index in [0.29, 0.717) is 18.9 Å². The summed E-state index contributed by atoms with van der Waals surface area (Å²) in [5, 5.41) is 0. The lowest BCUT2D eigenvalue weighted by Crippen LogP contribution is -2.40. The zero-order chi connectivity index (χ0) is 10.8. The van der Waals surface area contributed by atoms with E-state index in [-0.39, 0.29) is 5.97 Å². The Kier molecular flexibility index (Phi) is 3.29. The molecule has 0 amide bonds. The van der Waals surface area contributed by atoms with E-state index in [2.05, 4.69) is 11.9 Å². The summed E-state index contributed by atoms with van der Waals surface area (Å²) < 4.78 is 5.04. The summed E-state index contributed by atoms with van der Waals surface area (Å²) in [7, 11) is 2.19. The van der Waals surface area contributed by atoms with Gasteiger partial charge in [-0.2, -0.15) is 0 Å². The number of carbonyl (C=O) groups excluding carboxylic acids is 1. The Morgan fingerprint density at radius 2 is 1.93 bits per heavy atom. The molecule has 0 N–H and O–H groups in total. The fourth-order valence-electron chi connectivity index (χ4n) is 3.32. The minimum Gasteiger partial charge on any atom is -0.466 e. The van der Waals surface area contributed by atoms with Gasteiger partial charge in [-0.15, -0.1) is 0 Å². The highest BCUT2D eigenvalue weighted by Crippen LogP contribution is 2.43. The molecule has 1 saturated carbocycles. The number of fused-ring (bicyclic) bond motifs is 2. The third-order valence-corrected chi connectivity index (χ3v) is 3.92. The molecule has 1 heterocycles. The Morgan fingerprint density at radius 1 is 1.33 bits per heavy atom. The molecule has 86 valence electrons. The van der Waals surface area contributed by atoms with Gasteiger partial charge in [-0.1, -0.05) is 0 Å². The summed E-state index contributed by atoms with van der Waals surface area (Å²) in [6.45, 7) is 4.73. The van der Waals surface area contributed by atoms with Crippen LogP contribution in [0.4, 0.5) is 0 Å². The van der Waals surface area contributed by atoms with Crippen molar-refractivity contribution in [2.75, 3.05) is 26.7 Å². The van der Waals surface area contributed by atoms with Crippen LogP contribution in [0, 0.1) is 17.8 Å². The Labute approximate surface area is 91.8 Å². The predicted molar refractivity (Wildman–Crippen MR) is 58.5 cm³/mol. The van der Waals surface area contributed by atoms with E-state index in [9.17, 15) is 4.79 Å². The van der Waals surface area contributed by atoms with Crippen molar-refractivity contribution in [3.05, 3.63) is 0 Å². The van der Waals surface area contributed by atoms with E-state index in [4.69, 9.17) is 4.74 Å². The zero-order valence-corrected chi connectivity index (χ0v) is 9.74. The Hall–Kier alpha value is -0.570. The highest BCUT2D eigenvalue weighted by atomic mass is 16.5. The highest BCUT2D eigenvalue weighted by Gasteiger charge is 2.41. The van der Waals surface area contributed by atoms with Gasteiger partial charge in [-0.3, -0.25) is 4.79 Å². The van der Waals surface area contributed by atoms with Gasteiger partial charge in [-0.25, -0.2) is 0 Å². The molecule has 0 aromatic carbocycles. The average molecular weight is 211 g/mol. The van der Waals surface area contributed by atoms with Crippen LogP contribution in [-0.2, 0) is 9.53 Å². The SMILES string of the molecule is CCOC(=O)CC1[C@@H]2CC[C@H]1CN(C)C2. The van der Waals surface area contributed by atoms with E-state index in [0.717, 1.165) is 11.8 Å². The Morgan fingerprint density at radius 3 is 2.47 bits per heavy atom. The molecule has 1 aliphatic heterocycles. The molecule has 1 saturated heterocycles. The number of rotatable bonds is 3. The quantitative estimate of drug-likeness (QED) is 0.663. The number of carbonyl (C=O) groups is 1. The monoisotopic (exact) mass is 211 g/mol. The smallest absolute Gasteiger partial charge is 0.306 e. The van der Waals surface area contributed by atoms with Crippen LogP contribution in [-0.4, -0.2) is 37.6 Å². The molecule has 1 aliphatic carbocycles. The lowest BCUT2D eigenvalue weighted by Gasteiger charge is -2.35. The second-order valence-corrected chi connectivity index (χ2v) is 4.99. The van der Waals surface area contributed by atoms with Gasteiger partial charge >= 0.3 is 5.97 Å². The zero-order valence-electron chi connectivity index (χ0n) is 9.74. The van der Waals surface area contributed by atoms with Gasteiger partial charge < -0.3 is 9.64 Å². The number of piperidine rings is 1. The number of hydrogen-bond acceptors (Lipinski definition) is 3. The van der Waals surface area contributed by atoms with Gasteiger partial charge in [0.25, 0.3) is 0 Å². The molecular weight excluding hydrogens is 190 g/mol. The molecule has 1 unspecified atom stereocenters. The number of nitrogens with zero attached hydrogens (tertiary/aromatic N) is 1. The lowest BCUT2D eigenvalue weighted by molar-refractivity contribution is -0.145. The normalized spacial score (nSPS) is 35.5. The van der Waals surface area contributed by atoms with Crippen LogP contribution in [0.1, 0.15) is 26.2 Å². The topological polar surface area (TPSA) is 29.5 Å². The van der Waals surface area contributed by atoms with E-state index >= 15 is 0 Å². The molecule has 0 radical (unpaired) electrons. The largest absolute Gasteiger partial charge is 0.466 e. The van der Waals surface area contributed by atoms with E-state index < -0.39 is 0 Å². The summed E-state index contributed by atoms with van der Waals surface area (Å²) in [6.07, 6.45) is 3.26. The van der Waals surface area contributed by atoms with Crippen LogP contribution < -0.4 is 0 Å². The Bertz CT molecular complexity index is 228. The third-order valence-electron chi connectivity index (χ3n) is 3.92. The first-order chi connectivity index (χ1) is 7.20. The minimum absolute atomic E-state index is 0.00366. The first-order valence-corrected chi connectivity index (χ1v) is 6.05. The fourth-order valence-corrected chi connectivity index (χ4v) is 3.32. The summed E-state index contributed by atoms with van der Waals surface area (Å²) in [4.78, 5) is 13.9. The Balaban J connectivity index is 1.91. The average Bonchev–Trinajstić information content (AvgIpc) is 2.44. The van der Waals surface area contributed by atoms with Crippen LogP contribution >= 0.6 is 0 Å². The van der Waals surface area contributed by atoms with Crippen LogP contribution in [0.3, 0.4) is 0 Å². The number of esters is 1. The summed E-state index contributed by atoms with van der Waals surface area (Å²) in [5.41, 5.74) is 0. The van der Waals surface area contributed by atoms with Crippen molar-refractivity contribution >= 4 is 5.97 Å². The second kappa shape index (κ2) is 4.52. The van der Waals surface area contributed by atoms with E-state index in [1.807, 2.05) is 6.92 Å². The van der Waals surface area contributed by atoms with Gasteiger partial charge in [0.05, 0.1) is 6.61 Å². The molecule has 2 fully saturated rings. The van der Waals surface area contributed by atoms with Crippen LogP contribution in [0.25, 0.3) is 0 Å². The van der Waals surface area contributed by atoms with Crippen molar-refractivity contribution in [3.8, 4) is 0 Å². The first-order valence-electron chi connectivity index (χ1n) is 6.05. The van der Waals surface area contributed by atoms with Crippen molar-refractivity contribution in [1.29, 1.82) is 0 Å². The third kappa shape index (κ3) is 2.33. The van der Waals surface area contributed by atoms with E-state index in [1.165, 1.54) is 25.9 Å². The van der Waals surface area contributed by atoms with Gasteiger partial charge in [0.1, 0.15) is 0 Å². The van der Waals surface area contributed by atoms with Crippen molar-refractivity contribution in [1.82, 2.24) is 4.90 Å². The van der Waals surface area contributed by atoms with Crippen molar-refractivity contribution in [3.63, 3.8) is 0 Å². The molecule has 3 heteroatoms. The maximum Gasteiger partial charge on any atom is 0.306 e. The lowest BCUT2D eigenvalue weighted by atomic mass is 9.83. The number of ether oxygens (including phenoxy) is 1. The summed E-state index contributed by atoms with van der Waals surface area (Å²) >= 11 is 0. The highest BCUT2D eigenvalue weighted by molar-refractivity contribution is 5.69. The number of hydrogen-bond donors (Lipinski definition) is 0. The standard InChI is InChI=1S/C12H21NO2/c1-3-15-12(14)6-11-9-4-5-10(11)8-13(2)7-9/h9-11H,3-8H2,1-2H3/t9-,10+,11?. The van der Waals surface area contributed by atoms with Crippen molar-refractivity contribution < 1.29 is 9.53 Å². The van der Waals surface area contributed by atoms with Gasteiger partial charge in [0.2, 0.25) is 0 Å². The second-order valence-electron chi connectivity index (χ2n) is 4.99. The molecule has 3 nitrogen and oxygen atoms in total. The van der Waals surface area contributed by atoms with Gasteiger partial charge in [-0.05, 0) is 44.6 Å².